The Morgan fingerprint density at radius 2 is 1.81 bits per heavy atom. The molecule has 0 aromatic heterocycles. The van der Waals surface area contributed by atoms with Gasteiger partial charge in [-0.1, -0.05) is 60.5 Å². The van der Waals surface area contributed by atoms with Gasteiger partial charge in [-0.25, -0.2) is 5.43 Å². The summed E-state index contributed by atoms with van der Waals surface area (Å²) in [4.78, 5) is 12.1. The van der Waals surface area contributed by atoms with Crippen molar-refractivity contribution in [2.45, 2.75) is 26.4 Å². The Balaban J connectivity index is 1.52. The van der Waals surface area contributed by atoms with Gasteiger partial charge in [0.2, 0.25) is 5.91 Å². The van der Waals surface area contributed by atoms with Crippen LogP contribution in [0, 0.1) is 0 Å². The third-order valence-corrected chi connectivity index (χ3v) is 5.76. The zero-order valence-electron chi connectivity index (χ0n) is 16.9. The Morgan fingerprint density at radius 1 is 1.06 bits per heavy atom. The van der Waals surface area contributed by atoms with E-state index in [0.29, 0.717) is 22.4 Å². The zero-order chi connectivity index (χ0) is 22.2. The maximum absolute atomic E-state index is 12.1. The van der Waals surface area contributed by atoms with E-state index in [9.17, 15) is 4.79 Å². The van der Waals surface area contributed by atoms with Crippen LogP contribution in [-0.2, 0) is 24.2 Å². The van der Waals surface area contributed by atoms with Gasteiger partial charge in [0.05, 0.1) is 17.1 Å². The fourth-order valence-electron chi connectivity index (χ4n) is 2.81. The van der Waals surface area contributed by atoms with Crippen LogP contribution >= 0.6 is 39.1 Å². The largest absolute Gasteiger partial charge is 0.488 e. The Hall–Kier alpha value is -2.34. The summed E-state index contributed by atoms with van der Waals surface area (Å²) in [5.74, 6) is 0.502. The molecule has 0 bridgehead atoms. The number of nitrogens with one attached hydrogen (secondary N) is 1. The molecule has 1 N–H and O–H groups in total. The summed E-state index contributed by atoms with van der Waals surface area (Å²) >= 11 is 15.6. The minimum absolute atomic E-state index is 0.167. The number of amides is 1. The summed E-state index contributed by atoms with van der Waals surface area (Å²) in [6, 6.07) is 18.8. The molecule has 0 fully saturated rings. The molecule has 3 aromatic rings. The quantitative estimate of drug-likeness (QED) is 0.269. The Bertz CT molecular complexity index is 1090. The molecule has 31 heavy (non-hydrogen) atoms. The molecule has 0 atom stereocenters. The molecule has 0 saturated carbocycles. The van der Waals surface area contributed by atoms with Crippen molar-refractivity contribution in [1.82, 2.24) is 5.43 Å². The van der Waals surface area contributed by atoms with Gasteiger partial charge in [-0.15, -0.1) is 0 Å². The number of hydrazone groups is 1. The van der Waals surface area contributed by atoms with Crippen LogP contribution in [-0.4, -0.2) is 12.1 Å². The highest BCUT2D eigenvalue weighted by Crippen LogP contribution is 2.28. The van der Waals surface area contributed by atoms with E-state index in [1.807, 2.05) is 48.5 Å². The lowest BCUT2D eigenvalue weighted by molar-refractivity contribution is -0.120. The zero-order valence-corrected chi connectivity index (χ0v) is 20.0. The molecule has 160 valence electrons. The van der Waals surface area contributed by atoms with Crippen molar-refractivity contribution in [2.75, 3.05) is 0 Å². The average Bonchev–Trinajstić information content (AvgIpc) is 2.75. The average molecular weight is 520 g/mol. The second kappa shape index (κ2) is 11.3. The van der Waals surface area contributed by atoms with E-state index in [-0.39, 0.29) is 12.3 Å². The second-order valence-electron chi connectivity index (χ2n) is 6.85. The number of carbonyl (C=O) groups excluding carboxylic acids is 1. The normalized spacial score (nSPS) is 11.0. The van der Waals surface area contributed by atoms with Gasteiger partial charge in [-0.3, -0.25) is 4.79 Å². The molecule has 7 heteroatoms. The monoisotopic (exact) mass is 518 g/mol. The van der Waals surface area contributed by atoms with E-state index < -0.39 is 0 Å². The van der Waals surface area contributed by atoms with E-state index in [4.69, 9.17) is 27.9 Å². The fraction of sp³-hybridized carbons (Fsp3) is 0.167. The SMILES string of the molecule is CCc1ccc(CC(=O)N/N=C/c2ccc(OCc3ccc(Cl)cc3Cl)c(Br)c2)cc1. The maximum Gasteiger partial charge on any atom is 0.244 e. The number of hydrogen-bond acceptors (Lipinski definition) is 3. The molecular formula is C24H21BrCl2N2O2. The van der Waals surface area contributed by atoms with E-state index in [0.717, 1.165) is 27.6 Å². The highest BCUT2D eigenvalue weighted by atomic mass is 79.9. The molecule has 3 rings (SSSR count). The smallest absolute Gasteiger partial charge is 0.244 e. The van der Waals surface area contributed by atoms with Crippen LogP contribution < -0.4 is 10.2 Å². The molecular weight excluding hydrogens is 499 g/mol. The van der Waals surface area contributed by atoms with E-state index in [2.05, 4.69) is 33.4 Å². The van der Waals surface area contributed by atoms with Crippen LogP contribution in [0.5, 0.6) is 5.75 Å². The summed E-state index contributed by atoms with van der Waals surface area (Å²) in [5, 5.41) is 5.18. The van der Waals surface area contributed by atoms with Gasteiger partial charge >= 0.3 is 0 Å². The predicted molar refractivity (Wildman–Crippen MR) is 130 cm³/mol. The Kier molecular flexibility index (Phi) is 8.52. The van der Waals surface area contributed by atoms with Gasteiger partial charge in [0.15, 0.2) is 0 Å². The first-order valence-electron chi connectivity index (χ1n) is 9.70. The fourth-order valence-corrected chi connectivity index (χ4v) is 3.78. The van der Waals surface area contributed by atoms with Crippen LogP contribution in [0.4, 0.5) is 0 Å². The first kappa shape index (κ1) is 23.3. The lowest BCUT2D eigenvalue weighted by atomic mass is 10.1. The number of carbonyl (C=O) groups is 1. The summed E-state index contributed by atoms with van der Waals surface area (Å²) in [6.07, 6.45) is 2.85. The van der Waals surface area contributed by atoms with Crippen LogP contribution in [0.15, 0.2) is 70.2 Å². The summed E-state index contributed by atoms with van der Waals surface area (Å²) in [7, 11) is 0. The Labute approximate surface area is 200 Å². The molecule has 1 amide bonds. The first-order valence-corrected chi connectivity index (χ1v) is 11.3. The van der Waals surface area contributed by atoms with Crippen molar-refractivity contribution in [3.63, 3.8) is 0 Å². The van der Waals surface area contributed by atoms with Crippen molar-refractivity contribution in [1.29, 1.82) is 0 Å². The number of benzene rings is 3. The number of hydrogen-bond donors (Lipinski definition) is 1. The molecule has 0 aliphatic heterocycles. The van der Waals surface area contributed by atoms with Gasteiger partial charge in [0.1, 0.15) is 12.4 Å². The van der Waals surface area contributed by atoms with Crippen LogP contribution in [0.3, 0.4) is 0 Å². The molecule has 0 saturated heterocycles. The summed E-state index contributed by atoms with van der Waals surface area (Å²) < 4.78 is 6.60. The summed E-state index contributed by atoms with van der Waals surface area (Å²) in [6.45, 7) is 2.42. The van der Waals surface area contributed by atoms with Gasteiger partial charge < -0.3 is 4.74 Å². The Morgan fingerprint density at radius 3 is 2.48 bits per heavy atom. The van der Waals surface area contributed by atoms with E-state index >= 15 is 0 Å². The van der Waals surface area contributed by atoms with E-state index in [1.54, 1.807) is 18.3 Å². The van der Waals surface area contributed by atoms with Crippen molar-refractivity contribution >= 4 is 51.3 Å². The van der Waals surface area contributed by atoms with Gasteiger partial charge in [0.25, 0.3) is 0 Å². The minimum atomic E-state index is -0.167. The third-order valence-electron chi connectivity index (χ3n) is 4.55. The van der Waals surface area contributed by atoms with Gasteiger partial charge in [-0.05, 0) is 69.4 Å². The van der Waals surface area contributed by atoms with Crippen molar-refractivity contribution in [3.05, 3.63) is 97.4 Å². The lowest BCUT2D eigenvalue weighted by Crippen LogP contribution is -2.19. The van der Waals surface area contributed by atoms with Crippen LogP contribution in [0.1, 0.15) is 29.2 Å². The molecule has 3 aromatic carbocycles. The lowest BCUT2D eigenvalue weighted by Gasteiger charge is -2.10. The van der Waals surface area contributed by atoms with E-state index in [1.165, 1.54) is 5.56 Å². The number of rotatable bonds is 8. The molecule has 4 nitrogen and oxygen atoms in total. The number of ether oxygens (including phenoxy) is 1. The highest BCUT2D eigenvalue weighted by Gasteiger charge is 2.06. The molecule has 0 unspecified atom stereocenters. The topological polar surface area (TPSA) is 50.7 Å². The van der Waals surface area contributed by atoms with Crippen molar-refractivity contribution < 1.29 is 9.53 Å². The standard InChI is InChI=1S/C24H21BrCl2N2O2/c1-2-16-3-5-17(6-4-16)12-24(30)29-28-14-18-7-10-23(21(25)11-18)31-15-19-8-9-20(26)13-22(19)27/h3-11,13-14H,2,12,15H2,1H3,(H,29,30)/b28-14+. The molecule has 0 aliphatic carbocycles. The van der Waals surface area contributed by atoms with Gasteiger partial charge in [-0.2, -0.15) is 5.10 Å². The number of nitrogens with zero attached hydrogens (tertiary/aromatic N) is 1. The molecule has 0 heterocycles. The number of halogens is 3. The van der Waals surface area contributed by atoms with Gasteiger partial charge in [0, 0.05) is 15.6 Å². The molecule has 0 spiro atoms. The van der Waals surface area contributed by atoms with Crippen LogP contribution in [0.25, 0.3) is 0 Å². The first-order chi connectivity index (χ1) is 14.9. The van der Waals surface area contributed by atoms with Crippen molar-refractivity contribution in [2.24, 2.45) is 5.10 Å². The maximum atomic E-state index is 12.1. The van der Waals surface area contributed by atoms with Crippen LogP contribution in [0.2, 0.25) is 10.0 Å². The predicted octanol–water partition coefficient (Wildman–Crippen LogP) is 6.59. The summed E-state index contributed by atoms with van der Waals surface area (Å²) in [5.41, 5.74) is 6.42. The molecule has 0 radical (unpaired) electrons. The minimum Gasteiger partial charge on any atom is -0.488 e. The number of aryl methyl sites for hydroxylation is 1. The third kappa shape index (κ3) is 7.10. The second-order valence-corrected chi connectivity index (χ2v) is 8.55. The van der Waals surface area contributed by atoms with Crippen molar-refractivity contribution in [3.8, 4) is 5.75 Å². The highest BCUT2D eigenvalue weighted by molar-refractivity contribution is 9.10. The molecule has 0 aliphatic rings.